The molecule has 0 amide bonds. The van der Waals surface area contributed by atoms with Crippen molar-refractivity contribution < 1.29 is 0 Å². The van der Waals surface area contributed by atoms with E-state index < -0.39 is 0 Å². The lowest BCUT2D eigenvalue weighted by molar-refractivity contribution is 1.41. The smallest absolute Gasteiger partial charge is 0.0170 e. The van der Waals surface area contributed by atoms with Crippen molar-refractivity contribution in [3.8, 4) is 0 Å². The van der Waals surface area contributed by atoms with Gasteiger partial charge in [-0.3, -0.25) is 0 Å². The number of aryl methyl sites for hydroxylation is 3. The predicted octanol–water partition coefficient (Wildman–Crippen LogP) is 8.40. The highest BCUT2D eigenvalue weighted by Gasteiger charge is 1.92. The van der Waals surface area contributed by atoms with E-state index >= 15 is 0 Å². The van der Waals surface area contributed by atoms with Crippen molar-refractivity contribution in [2.75, 3.05) is 0 Å². The highest BCUT2D eigenvalue weighted by atomic mass is 127. The van der Waals surface area contributed by atoms with Crippen molar-refractivity contribution in [3.05, 3.63) is 97.7 Å². The van der Waals surface area contributed by atoms with Crippen LogP contribution in [0.4, 0.5) is 0 Å². The standard InChI is InChI=1S/C7H6I2.2C7H7I/c1-5-2-3-6(8)4-7(5)9;1-6-2-4-7(8)5-3-6;1-6-4-2-3-5-7(6)8/h2-4H,1H3;2*2-5H,1H3. The fourth-order valence-corrected chi connectivity index (χ4v) is 4.00. The summed E-state index contributed by atoms with van der Waals surface area (Å²) in [5.41, 5.74) is 4.04. The number of benzene rings is 3. The van der Waals surface area contributed by atoms with Crippen molar-refractivity contribution in [3.63, 3.8) is 0 Å². The van der Waals surface area contributed by atoms with E-state index in [0.717, 1.165) is 0 Å². The van der Waals surface area contributed by atoms with Gasteiger partial charge in [0.25, 0.3) is 0 Å². The highest BCUT2D eigenvalue weighted by molar-refractivity contribution is 14.1. The average molecular weight is 780 g/mol. The average Bonchev–Trinajstić information content (AvgIpc) is 2.58. The van der Waals surface area contributed by atoms with E-state index in [9.17, 15) is 0 Å². The summed E-state index contributed by atoms with van der Waals surface area (Å²) in [6, 6.07) is 23.2. The van der Waals surface area contributed by atoms with Gasteiger partial charge in [-0.15, -0.1) is 0 Å². The Morgan fingerprint density at radius 3 is 1.44 bits per heavy atom. The molecule has 0 atom stereocenters. The summed E-state index contributed by atoms with van der Waals surface area (Å²) in [7, 11) is 0. The molecule has 0 saturated carbocycles. The predicted molar refractivity (Wildman–Crippen MR) is 144 cm³/mol. The number of halogens is 4. The molecule has 4 heteroatoms. The zero-order valence-electron chi connectivity index (χ0n) is 14.4. The second-order valence-corrected chi connectivity index (χ2v) is 10.3. The summed E-state index contributed by atoms with van der Waals surface area (Å²) in [6.07, 6.45) is 0. The molecule has 0 aliphatic rings. The van der Waals surface area contributed by atoms with Crippen LogP contribution in [0.3, 0.4) is 0 Å². The minimum absolute atomic E-state index is 1.30. The number of hydrogen-bond acceptors (Lipinski definition) is 0. The van der Waals surface area contributed by atoms with Crippen LogP contribution in [0.5, 0.6) is 0 Å². The molecule has 0 aliphatic carbocycles. The number of hydrogen-bond donors (Lipinski definition) is 0. The molecule has 0 heterocycles. The molecule has 3 rings (SSSR count). The fraction of sp³-hybridized carbons (Fsp3) is 0.143. The Morgan fingerprint density at radius 2 is 1.04 bits per heavy atom. The molecule has 0 nitrogen and oxygen atoms in total. The fourth-order valence-electron chi connectivity index (χ4n) is 1.65. The van der Waals surface area contributed by atoms with E-state index in [0.29, 0.717) is 0 Å². The van der Waals surface area contributed by atoms with Gasteiger partial charge in [-0.25, -0.2) is 0 Å². The third kappa shape index (κ3) is 10.5. The van der Waals surface area contributed by atoms with Crippen molar-refractivity contribution in [1.29, 1.82) is 0 Å². The van der Waals surface area contributed by atoms with E-state index in [1.807, 2.05) is 0 Å². The first-order chi connectivity index (χ1) is 11.8. The monoisotopic (exact) mass is 780 g/mol. The minimum atomic E-state index is 1.30. The molecule has 0 fully saturated rings. The summed E-state index contributed by atoms with van der Waals surface area (Å²) < 4.78 is 5.29. The lowest BCUT2D eigenvalue weighted by atomic mass is 10.2. The molecule has 3 aromatic carbocycles. The highest BCUT2D eigenvalue weighted by Crippen LogP contribution is 2.14. The molecule has 0 spiro atoms. The SMILES string of the molecule is Cc1ccc(I)cc1.Cc1ccc(I)cc1I.Cc1ccccc1I. The summed E-state index contributed by atoms with van der Waals surface area (Å²) in [4.78, 5) is 0. The van der Waals surface area contributed by atoms with Gasteiger partial charge in [0.1, 0.15) is 0 Å². The molecule has 0 unspecified atom stereocenters. The Kier molecular flexibility index (Phi) is 12.2. The molecule has 0 aromatic heterocycles. The van der Waals surface area contributed by atoms with Crippen LogP contribution < -0.4 is 0 Å². The van der Waals surface area contributed by atoms with E-state index in [1.54, 1.807) is 0 Å². The van der Waals surface area contributed by atoms with Crippen LogP contribution in [0.2, 0.25) is 0 Å². The zero-order chi connectivity index (χ0) is 18.8. The van der Waals surface area contributed by atoms with Gasteiger partial charge in [0.15, 0.2) is 0 Å². The molecular weight excluding hydrogens is 760 g/mol. The van der Waals surface area contributed by atoms with Gasteiger partial charge in [-0.05, 0) is 153 Å². The first-order valence-electron chi connectivity index (χ1n) is 7.64. The zero-order valence-corrected chi connectivity index (χ0v) is 23.0. The van der Waals surface area contributed by atoms with Crippen molar-refractivity contribution in [1.82, 2.24) is 0 Å². The first-order valence-corrected chi connectivity index (χ1v) is 12.0. The summed E-state index contributed by atoms with van der Waals surface area (Å²) in [5, 5.41) is 0. The van der Waals surface area contributed by atoms with E-state index in [4.69, 9.17) is 0 Å². The van der Waals surface area contributed by atoms with Crippen LogP contribution in [0.15, 0.2) is 66.7 Å². The molecule has 3 aromatic rings. The molecule has 25 heavy (non-hydrogen) atoms. The van der Waals surface area contributed by atoms with E-state index in [2.05, 4.69) is 178 Å². The minimum Gasteiger partial charge on any atom is -0.0619 e. The summed E-state index contributed by atoms with van der Waals surface area (Å²) in [6.45, 7) is 6.33. The van der Waals surface area contributed by atoms with Crippen LogP contribution in [-0.4, -0.2) is 0 Å². The summed E-state index contributed by atoms with van der Waals surface area (Å²) >= 11 is 9.28. The lowest BCUT2D eigenvalue weighted by Gasteiger charge is -1.95. The van der Waals surface area contributed by atoms with Crippen molar-refractivity contribution in [2.45, 2.75) is 20.8 Å². The quantitative estimate of drug-likeness (QED) is 0.201. The van der Waals surface area contributed by atoms with Crippen LogP contribution >= 0.6 is 90.4 Å². The molecule has 0 saturated heterocycles. The van der Waals surface area contributed by atoms with Crippen LogP contribution in [0, 0.1) is 35.1 Å². The maximum absolute atomic E-state index is 2.35. The molecule has 132 valence electrons. The Bertz CT molecular complexity index is 738. The van der Waals surface area contributed by atoms with Crippen molar-refractivity contribution in [2.24, 2.45) is 0 Å². The van der Waals surface area contributed by atoms with Gasteiger partial charge in [0.2, 0.25) is 0 Å². The van der Waals surface area contributed by atoms with Gasteiger partial charge in [-0.1, -0.05) is 42.0 Å². The van der Waals surface area contributed by atoms with Crippen LogP contribution in [0.1, 0.15) is 16.7 Å². The van der Waals surface area contributed by atoms with E-state index in [1.165, 1.54) is 31.0 Å². The molecule has 0 bridgehead atoms. The topological polar surface area (TPSA) is 0 Å². The van der Waals surface area contributed by atoms with Gasteiger partial charge in [0.05, 0.1) is 0 Å². The first kappa shape index (κ1) is 23.6. The third-order valence-corrected chi connectivity index (χ3v) is 6.98. The van der Waals surface area contributed by atoms with Gasteiger partial charge < -0.3 is 0 Å². The Balaban J connectivity index is 0.000000188. The third-order valence-electron chi connectivity index (χ3n) is 3.22. The lowest BCUT2D eigenvalue weighted by Crippen LogP contribution is -1.79. The largest absolute Gasteiger partial charge is 0.0619 e. The van der Waals surface area contributed by atoms with Crippen molar-refractivity contribution >= 4 is 90.4 Å². The Hall–Kier alpha value is 0.580. The second kappa shape index (κ2) is 12.9. The molecule has 0 aliphatic heterocycles. The molecule has 0 radical (unpaired) electrons. The number of rotatable bonds is 0. The normalized spacial score (nSPS) is 9.40. The Labute approximate surface area is 206 Å². The Morgan fingerprint density at radius 1 is 0.520 bits per heavy atom. The van der Waals surface area contributed by atoms with Gasteiger partial charge in [0, 0.05) is 14.3 Å². The maximum atomic E-state index is 2.35. The second-order valence-electron chi connectivity index (χ2n) is 5.44. The maximum Gasteiger partial charge on any atom is 0.0170 e. The van der Waals surface area contributed by atoms with Gasteiger partial charge in [-0.2, -0.15) is 0 Å². The van der Waals surface area contributed by atoms with Crippen LogP contribution in [-0.2, 0) is 0 Å². The molecule has 0 N–H and O–H groups in total. The van der Waals surface area contributed by atoms with Crippen LogP contribution in [0.25, 0.3) is 0 Å². The molecular formula is C21H20I4. The summed E-state index contributed by atoms with van der Waals surface area (Å²) in [5.74, 6) is 0. The van der Waals surface area contributed by atoms with Gasteiger partial charge >= 0.3 is 0 Å². The van der Waals surface area contributed by atoms with E-state index in [-0.39, 0.29) is 0 Å².